The summed E-state index contributed by atoms with van der Waals surface area (Å²) in [7, 11) is 0. The van der Waals surface area contributed by atoms with E-state index in [1.807, 2.05) is 0 Å². The standard InChI is InChI=1S/C13H13F6N3OS/c1-4-8-6(2)24-10(9(8)5-20)22-11(12(14,15)16,13(17,18)19)21-7(3)23/h22H,4H2,1-3H3,(H,21,23). The lowest BCUT2D eigenvalue weighted by molar-refractivity contribution is -0.295. The predicted molar refractivity (Wildman–Crippen MR) is 75.4 cm³/mol. The van der Waals surface area contributed by atoms with E-state index in [0.717, 1.165) is 5.32 Å². The minimum absolute atomic E-state index is 0.262. The van der Waals surface area contributed by atoms with Crippen molar-refractivity contribution in [3.63, 3.8) is 0 Å². The van der Waals surface area contributed by atoms with Gasteiger partial charge in [0.05, 0.1) is 5.56 Å². The van der Waals surface area contributed by atoms with Gasteiger partial charge in [-0.25, -0.2) is 0 Å². The molecule has 0 fully saturated rings. The first kappa shape index (κ1) is 20.1. The number of hydrogen-bond acceptors (Lipinski definition) is 4. The molecular weight excluding hydrogens is 360 g/mol. The topological polar surface area (TPSA) is 64.9 Å². The Hall–Kier alpha value is -1.96. The SMILES string of the molecule is CCc1c(C)sc(NC(NC(C)=O)(C(F)(F)F)C(F)(F)F)c1C#N. The number of nitrogens with zero attached hydrogens (tertiary/aromatic N) is 1. The fourth-order valence-corrected chi connectivity index (χ4v) is 3.27. The van der Waals surface area contributed by atoms with Gasteiger partial charge in [0.25, 0.3) is 0 Å². The van der Waals surface area contributed by atoms with Gasteiger partial charge in [-0.15, -0.1) is 11.3 Å². The Morgan fingerprint density at radius 2 is 1.71 bits per heavy atom. The smallest absolute Gasteiger partial charge is 0.338 e. The second-order valence-electron chi connectivity index (χ2n) is 4.86. The van der Waals surface area contributed by atoms with Crippen LogP contribution in [0.1, 0.15) is 29.9 Å². The Kier molecular flexibility index (Phi) is 5.44. The van der Waals surface area contributed by atoms with E-state index in [-0.39, 0.29) is 12.0 Å². The lowest BCUT2D eigenvalue weighted by Crippen LogP contribution is -2.71. The van der Waals surface area contributed by atoms with Crippen LogP contribution < -0.4 is 10.6 Å². The number of alkyl halides is 6. The van der Waals surface area contributed by atoms with Gasteiger partial charge in [0.15, 0.2) is 0 Å². The molecule has 0 saturated carbocycles. The molecule has 0 aliphatic carbocycles. The molecule has 24 heavy (non-hydrogen) atoms. The van der Waals surface area contributed by atoms with Crippen LogP contribution in [0.3, 0.4) is 0 Å². The summed E-state index contributed by atoms with van der Waals surface area (Å²) in [5.41, 5.74) is -4.64. The molecule has 1 aromatic rings. The van der Waals surface area contributed by atoms with E-state index in [4.69, 9.17) is 5.26 Å². The molecule has 0 bridgehead atoms. The highest BCUT2D eigenvalue weighted by atomic mass is 32.1. The lowest BCUT2D eigenvalue weighted by atomic mass is 10.1. The second-order valence-corrected chi connectivity index (χ2v) is 6.08. The molecular formula is C13H13F6N3OS. The normalized spacial score (nSPS) is 12.7. The highest BCUT2D eigenvalue weighted by Crippen LogP contribution is 2.46. The van der Waals surface area contributed by atoms with Crippen molar-refractivity contribution < 1.29 is 31.1 Å². The quantitative estimate of drug-likeness (QED) is 0.622. The van der Waals surface area contributed by atoms with E-state index in [0.29, 0.717) is 28.7 Å². The van der Waals surface area contributed by atoms with Crippen LogP contribution in [0.25, 0.3) is 0 Å². The molecule has 11 heteroatoms. The number of rotatable bonds is 4. The minimum atomic E-state index is -5.89. The molecule has 4 nitrogen and oxygen atoms in total. The van der Waals surface area contributed by atoms with Crippen LogP contribution in [0.4, 0.5) is 31.3 Å². The third-order valence-corrected chi connectivity index (χ3v) is 4.25. The maximum Gasteiger partial charge on any atom is 0.439 e. The fraction of sp³-hybridized carbons (Fsp3) is 0.538. The van der Waals surface area contributed by atoms with Crippen LogP contribution in [0.15, 0.2) is 0 Å². The van der Waals surface area contributed by atoms with Crippen molar-refractivity contribution in [3.05, 3.63) is 16.0 Å². The maximum absolute atomic E-state index is 13.3. The van der Waals surface area contributed by atoms with Crippen molar-refractivity contribution in [1.82, 2.24) is 5.32 Å². The summed E-state index contributed by atoms with van der Waals surface area (Å²) in [5.74, 6) is -1.53. The Labute approximate surface area is 137 Å². The predicted octanol–water partition coefficient (Wildman–Crippen LogP) is 3.86. The first-order chi connectivity index (χ1) is 10.8. The summed E-state index contributed by atoms with van der Waals surface area (Å²) in [6, 6.07) is 1.62. The fourth-order valence-electron chi connectivity index (χ4n) is 2.12. The number of nitriles is 1. The van der Waals surface area contributed by atoms with E-state index in [2.05, 4.69) is 0 Å². The molecule has 134 valence electrons. The first-order valence-corrected chi connectivity index (χ1v) is 7.35. The maximum atomic E-state index is 13.3. The summed E-state index contributed by atoms with van der Waals surface area (Å²) >= 11 is 0.591. The molecule has 1 amide bonds. The largest absolute Gasteiger partial charge is 0.439 e. The molecule has 0 spiro atoms. The zero-order valence-corrected chi connectivity index (χ0v) is 13.6. The number of amides is 1. The number of halogens is 6. The number of aryl methyl sites for hydroxylation is 1. The number of nitrogens with one attached hydrogen (secondary N) is 2. The molecule has 1 heterocycles. The summed E-state index contributed by atoms with van der Waals surface area (Å²) in [6.45, 7) is 3.64. The number of thiophene rings is 1. The average molecular weight is 373 g/mol. The molecule has 0 aliphatic rings. The van der Waals surface area contributed by atoms with E-state index >= 15 is 0 Å². The van der Waals surface area contributed by atoms with Crippen LogP contribution in [0.2, 0.25) is 0 Å². The van der Waals surface area contributed by atoms with Crippen molar-refractivity contribution in [1.29, 1.82) is 5.26 Å². The minimum Gasteiger partial charge on any atom is -0.338 e. The highest BCUT2D eigenvalue weighted by Gasteiger charge is 2.72. The monoisotopic (exact) mass is 373 g/mol. The number of carbonyl (C=O) groups is 1. The van der Waals surface area contributed by atoms with Crippen molar-refractivity contribution in [2.45, 2.75) is 45.2 Å². The van der Waals surface area contributed by atoms with Crippen LogP contribution in [-0.2, 0) is 11.2 Å². The third-order valence-electron chi connectivity index (χ3n) is 3.19. The Morgan fingerprint density at radius 1 is 1.21 bits per heavy atom. The van der Waals surface area contributed by atoms with Gasteiger partial charge < -0.3 is 10.6 Å². The summed E-state index contributed by atoms with van der Waals surface area (Å²) in [4.78, 5) is 11.4. The summed E-state index contributed by atoms with van der Waals surface area (Å²) < 4.78 is 79.6. The zero-order chi connectivity index (χ0) is 18.9. The van der Waals surface area contributed by atoms with Crippen molar-refractivity contribution in [3.8, 4) is 6.07 Å². The molecule has 0 atom stereocenters. The molecule has 0 aliphatic heterocycles. The van der Waals surface area contributed by atoms with Gasteiger partial charge >= 0.3 is 18.0 Å². The van der Waals surface area contributed by atoms with Crippen LogP contribution in [-0.4, -0.2) is 23.9 Å². The zero-order valence-electron chi connectivity index (χ0n) is 12.7. The number of hydrogen-bond donors (Lipinski definition) is 2. The summed E-state index contributed by atoms with van der Waals surface area (Å²) in [6.07, 6.45) is -11.5. The van der Waals surface area contributed by atoms with Crippen LogP contribution >= 0.6 is 11.3 Å². The number of carbonyl (C=O) groups excluding carboxylic acids is 1. The highest BCUT2D eigenvalue weighted by molar-refractivity contribution is 7.16. The van der Waals surface area contributed by atoms with E-state index in [1.165, 1.54) is 12.2 Å². The van der Waals surface area contributed by atoms with Gasteiger partial charge in [-0.1, -0.05) is 6.92 Å². The van der Waals surface area contributed by atoms with Crippen molar-refractivity contribution >= 4 is 22.2 Å². The van der Waals surface area contributed by atoms with Crippen molar-refractivity contribution in [2.75, 3.05) is 5.32 Å². The molecule has 1 aromatic heterocycles. The first-order valence-electron chi connectivity index (χ1n) is 6.53. The van der Waals surface area contributed by atoms with E-state index in [9.17, 15) is 31.1 Å². The van der Waals surface area contributed by atoms with Gasteiger partial charge in [0.1, 0.15) is 11.1 Å². The van der Waals surface area contributed by atoms with Crippen LogP contribution in [0, 0.1) is 18.3 Å². The Balaban J connectivity index is 3.60. The molecule has 0 aromatic carbocycles. The second kappa shape index (κ2) is 6.51. The third kappa shape index (κ3) is 3.43. The van der Waals surface area contributed by atoms with Gasteiger partial charge in [0, 0.05) is 11.8 Å². The van der Waals surface area contributed by atoms with Crippen molar-refractivity contribution in [2.24, 2.45) is 0 Å². The molecule has 0 saturated heterocycles. The Bertz CT molecular complexity index is 657. The molecule has 0 unspecified atom stereocenters. The lowest BCUT2D eigenvalue weighted by Gasteiger charge is -2.38. The van der Waals surface area contributed by atoms with E-state index < -0.39 is 28.9 Å². The molecule has 1 rings (SSSR count). The summed E-state index contributed by atoms with van der Waals surface area (Å²) in [5, 5.41) is 10.7. The van der Waals surface area contributed by atoms with Crippen LogP contribution in [0.5, 0.6) is 0 Å². The molecule has 0 radical (unpaired) electrons. The van der Waals surface area contributed by atoms with Gasteiger partial charge in [0.2, 0.25) is 5.91 Å². The Morgan fingerprint density at radius 3 is 2.04 bits per heavy atom. The molecule has 2 N–H and O–H groups in total. The average Bonchev–Trinajstić information content (AvgIpc) is 2.69. The number of anilines is 1. The van der Waals surface area contributed by atoms with Gasteiger partial charge in [-0.3, -0.25) is 4.79 Å². The van der Waals surface area contributed by atoms with E-state index in [1.54, 1.807) is 13.0 Å². The van der Waals surface area contributed by atoms with Gasteiger partial charge in [-0.2, -0.15) is 31.6 Å². The van der Waals surface area contributed by atoms with Gasteiger partial charge in [-0.05, 0) is 18.9 Å².